The lowest BCUT2D eigenvalue weighted by atomic mass is 10.1. The molecule has 3 rings (SSSR count). The first-order valence-corrected chi connectivity index (χ1v) is 9.89. The van der Waals surface area contributed by atoms with Gasteiger partial charge in [-0.1, -0.05) is 13.8 Å². The van der Waals surface area contributed by atoms with Crippen molar-refractivity contribution in [2.75, 3.05) is 0 Å². The fourth-order valence-electron chi connectivity index (χ4n) is 2.90. The molecule has 23 heavy (non-hydrogen) atoms. The second-order valence-corrected chi connectivity index (χ2v) is 9.30. The van der Waals surface area contributed by atoms with Crippen molar-refractivity contribution in [3.8, 4) is 0 Å². The van der Waals surface area contributed by atoms with Crippen molar-refractivity contribution in [2.24, 2.45) is 5.92 Å². The molecule has 0 spiro atoms. The highest BCUT2D eigenvalue weighted by atomic mass is 32.2. The van der Waals surface area contributed by atoms with E-state index in [0.29, 0.717) is 17.8 Å². The number of hydrogen-bond acceptors (Lipinski definition) is 5. The van der Waals surface area contributed by atoms with Gasteiger partial charge >= 0.3 is 5.97 Å². The molecule has 2 aliphatic rings. The first kappa shape index (κ1) is 16.4. The fraction of sp³-hybridized carbons (Fsp3) is 0.800. The number of sulfone groups is 1. The molecule has 0 radical (unpaired) electrons. The third-order valence-electron chi connectivity index (χ3n) is 4.37. The van der Waals surface area contributed by atoms with Crippen LogP contribution in [-0.4, -0.2) is 39.5 Å². The Kier molecular flexibility index (Phi) is 4.20. The highest BCUT2D eigenvalue weighted by Crippen LogP contribution is 2.45. The quantitative estimate of drug-likeness (QED) is 0.775. The Morgan fingerprint density at radius 1 is 1.26 bits per heavy atom. The van der Waals surface area contributed by atoms with Crippen LogP contribution < -0.4 is 0 Å². The van der Waals surface area contributed by atoms with Crippen LogP contribution in [0.25, 0.3) is 0 Å². The first-order chi connectivity index (χ1) is 10.8. The molecule has 128 valence electrons. The van der Waals surface area contributed by atoms with E-state index in [2.05, 4.69) is 10.2 Å². The minimum absolute atomic E-state index is 0.00537. The fourth-order valence-corrected chi connectivity index (χ4v) is 4.64. The molecule has 0 aliphatic heterocycles. The second kappa shape index (κ2) is 5.89. The van der Waals surface area contributed by atoms with Gasteiger partial charge in [0.05, 0.1) is 0 Å². The number of aliphatic carboxylic acids is 1. The summed E-state index contributed by atoms with van der Waals surface area (Å²) >= 11 is 0. The van der Waals surface area contributed by atoms with E-state index in [9.17, 15) is 18.3 Å². The minimum Gasteiger partial charge on any atom is -0.480 e. The number of carboxylic acid groups (broad SMARTS) is 1. The summed E-state index contributed by atoms with van der Waals surface area (Å²) in [6.07, 6.45) is 4.29. The topological polar surface area (TPSA) is 102 Å². The predicted molar refractivity (Wildman–Crippen MR) is 83.8 cm³/mol. The lowest BCUT2D eigenvalue weighted by molar-refractivity contribution is -0.136. The summed E-state index contributed by atoms with van der Waals surface area (Å²) in [6.45, 7) is 3.65. The number of aromatic nitrogens is 3. The van der Waals surface area contributed by atoms with Crippen molar-refractivity contribution in [1.82, 2.24) is 14.8 Å². The summed E-state index contributed by atoms with van der Waals surface area (Å²) < 4.78 is 27.2. The lowest BCUT2D eigenvalue weighted by Gasteiger charge is -2.16. The van der Waals surface area contributed by atoms with Gasteiger partial charge in [0, 0.05) is 12.0 Å². The van der Waals surface area contributed by atoms with Crippen molar-refractivity contribution < 1.29 is 18.3 Å². The normalized spacial score (nSPS) is 20.0. The molecule has 0 aromatic carbocycles. The summed E-state index contributed by atoms with van der Waals surface area (Å²) in [5, 5.41) is 16.2. The van der Waals surface area contributed by atoms with Crippen molar-refractivity contribution in [1.29, 1.82) is 0 Å². The molecule has 2 saturated carbocycles. The van der Waals surface area contributed by atoms with E-state index in [1.165, 1.54) is 0 Å². The molecule has 1 N–H and O–H groups in total. The van der Waals surface area contributed by atoms with Gasteiger partial charge in [0.2, 0.25) is 0 Å². The smallest absolute Gasteiger partial charge is 0.321 e. The van der Waals surface area contributed by atoms with E-state index in [0.717, 1.165) is 31.5 Å². The van der Waals surface area contributed by atoms with Crippen LogP contribution in [-0.2, 0) is 20.4 Å². The van der Waals surface area contributed by atoms with Crippen LogP contribution in [0.3, 0.4) is 0 Å². The van der Waals surface area contributed by atoms with E-state index in [1.807, 2.05) is 18.4 Å². The van der Waals surface area contributed by atoms with Gasteiger partial charge in [0.25, 0.3) is 0 Å². The zero-order valence-corrected chi connectivity index (χ0v) is 14.3. The Hall–Kier alpha value is -1.44. The molecule has 8 heteroatoms. The molecule has 1 atom stereocenters. The van der Waals surface area contributed by atoms with Crippen LogP contribution >= 0.6 is 0 Å². The maximum atomic E-state index is 12.6. The maximum absolute atomic E-state index is 12.6. The standard InChI is InChI=1S/C15H23N3O4S/c1-9(2)7-12(15(19)20)23(21,22)8-13-16-17-14(10-3-4-10)18(13)11-5-6-11/h9-12H,3-8H2,1-2H3,(H,19,20)/t12-/m1/s1. The summed E-state index contributed by atoms with van der Waals surface area (Å²) in [7, 11) is -3.81. The van der Waals surface area contributed by atoms with Crippen LogP contribution in [0.1, 0.15) is 69.6 Å². The number of nitrogens with zero attached hydrogens (tertiary/aromatic N) is 3. The molecule has 7 nitrogen and oxygen atoms in total. The van der Waals surface area contributed by atoms with Gasteiger partial charge in [-0.3, -0.25) is 4.79 Å². The van der Waals surface area contributed by atoms with Crippen molar-refractivity contribution in [2.45, 2.75) is 68.9 Å². The second-order valence-electron chi connectivity index (χ2n) is 7.11. The molecule has 1 aromatic rings. The van der Waals surface area contributed by atoms with Gasteiger partial charge in [-0.05, 0) is 38.0 Å². The van der Waals surface area contributed by atoms with Gasteiger partial charge < -0.3 is 9.67 Å². The SMILES string of the molecule is CC(C)C[C@H](C(=O)O)S(=O)(=O)Cc1nnc(C2CC2)n1C1CC1. The number of rotatable bonds is 8. The molecule has 2 aliphatic carbocycles. The van der Waals surface area contributed by atoms with E-state index in [4.69, 9.17) is 0 Å². The predicted octanol–water partition coefficient (Wildman–Crippen LogP) is 1.90. The van der Waals surface area contributed by atoms with Gasteiger partial charge in [0.15, 0.2) is 15.1 Å². The highest BCUT2D eigenvalue weighted by molar-refractivity contribution is 7.92. The van der Waals surface area contributed by atoms with Gasteiger partial charge in [-0.25, -0.2) is 8.42 Å². The Morgan fingerprint density at radius 2 is 1.91 bits per heavy atom. The van der Waals surface area contributed by atoms with E-state index < -0.39 is 21.1 Å². The van der Waals surface area contributed by atoms with Crippen molar-refractivity contribution in [3.63, 3.8) is 0 Å². The molecule has 1 heterocycles. The Labute approximate surface area is 136 Å². The Balaban J connectivity index is 1.86. The summed E-state index contributed by atoms with van der Waals surface area (Å²) in [6, 6.07) is 0.291. The zero-order valence-electron chi connectivity index (χ0n) is 13.5. The number of carbonyl (C=O) groups is 1. The average molecular weight is 341 g/mol. The third kappa shape index (κ3) is 3.57. The number of hydrogen-bond donors (Lipinski definition) is 1. The van der Waals surface area contributed by atoms with E-state index >= 15 is 0 Å². The van der Waals surface area contributed by atoms with Crippen LogP contribution in [0.5, 0.6) is 0 Å². The highest BCUT2D eigenvalue weighted by Gasteiger charge is 2.39. The minimum atomic E-state index is -3.81. The summed E-state index contributed by atoms with van der Waals surface area (Å²) in [5.41, 5.74) is 0. The first-order valence-electron chi connectivity index (χ1n) is 8.17. The summed E-state index contributed by atoms with van der Waals surface area (Å²) in [4.78, 5) is 11.4. The maximum Gasteiger partial charge on any atom is 0.321 e. The van der Waals surface area contributed by atoms with E-state index in [-0.39, 0.29) is 18.1 Å². The molecule has 1 aromatic heterocycles. The van der Waals surface area contributed by atoms with E-state index in [1.54, 1.807) is 0 Å². The Morgan fingerprint density at radius 3 is 2.39 bits per heavy atom. The third-order valence-corrected chi connectivity index (χ3v) is 6.29. The van der Waals surface area contributed by atoms with Crippen LogP contribution in [0, 0.1) is 5.92 Å². The van der Waals surface area contributed by atoms with Gasteiger partial charge in [0.1, 0.15) is 17.4 Å². The van der Waals surface area contributed by atoms with Crippen molar-refractivity contribution in [3.05, 3.63) is 11.6 Å². The zero-order chi connectivity index (χ0) is 16.8. The lowest BCUT2D eigenvalue weighted by Crippen LogP contribution is -2.33. The number of carboxylic acids is 1. The van der Waals surface area contributed by atoms with Gasteiger partial charge in [-0.2, -0.15) is 0 Å². The molecular weight excluding hydrogens is 318 g/mol. The van der Waals surface area contributed by atoms with Crippen molar-refractivity contribution >= 4 is 15.8 Å². The summed E-state index contributed by atoms with van der Waals surface area (Å²) in [5.74, 6) is 0.0588. The molecular formula is C15H23N3O4S. The van der Waals surface area contributed by atoms with Crippen LogP contribution in [0.2, 0.25) is 0 Å². The van der Waals surface area contributed by atoms with Gasteiger partial charge in [-0.15, -0.1) is 10.2 Å². The van der Waals surface area contributed by atoms with Crippen LogP contribution in [0.4, 0.5) is 0 Å². The largest absolute Gasteiger partial charge is 0.480 e. The average Bonchev–Trinajstić information content (AvgIpc) is 3.34. The molecule has 0 saturated heterocycles. The van der Waals surface area contributed by atoms with Crippen LogP contribution in [0.15, 0.2) is 0 Å². The molecule has 0 unspecified atom stereocenters. The Bertz CT molecular complexity index is 702. The molecule has 0 bridgehead atoms. The molecule has 2 fully saturated rings. The molecule has 0 amide bonds. The monoisotopic (exact) mass is 341 g/mol.